The van der Waals surface area contributed by atoms with E-state index in [4.69, 9.17) is 9.84 Å². The highest BCUT2D eigenvalue weighted by atomic mass is 16.5. The Kier molecular flexibility index (Phi) is 3.27. The van der Waals surface area contributed by atoms with Crippen molar-refractivity contribution in [2.75, 3.05) is 7.11 Å². The fourth-order valence-electron chi connectivity index (χ4n) is 1.28. The molecule has 0 bridgehead atoms. The van der Waals surface area contributed by atoms with Crippen LogP contribution in [0.3, 0.4) is 0 Å². The Morgan fingerprint density at radius 1 is 1.43 bits per heavy atom. The lowest BCUT2D eigenvalue weighted by Crippen LogP contribution is -2.17. The van der Waals surface area contributed by atoms with Crippen molar-refractivity contribution in [1.29, 1.82) is 0 Å². The summed E-state index contributed by atoms with van der Waals surface area (Å²) >= 11 is 0. The summed E-state index contributed by atoms with van der Waals surface area (Å²) in [6, 6.07) is 0. The number of pyridine rings is 1. The van der Waals surface area contributed by atoms with E-state index in [0.29, 0.717) is 11.3 Å². The summed E-state index contributed by atoms with van der Waals surface area (Å²) in [7, 11) is 1.46. The summed E-state index contributed by atoms with van der Waals surface area (Å²) in [5.41, 5.74) is 0.473. The predicted octanol–water partition coefficient (Wildman–Crippen LogP) is 0.0276. The highest BCUT2D eigenvalue weighted by Crippen LogP contribution is 2.21. The molecule has 5 nitrogen and oxygen atoms in total. The van der Waals surface area contributed by atoms with Gasteiger partial charge >= 0.3 is 0 Å². The molecule has 3 N–H and O–H groups in total. The molecule has 1 rings (SSSR count). The van der Waals surface area contributed by atoms with Crippen LogP contribution in [0.25, 0.3) is 0 Å². The Hall–Kier alpha value is -1.33. The summed E-state index contributed by atoms with van der Waals surface area (Å²) in [5.74, 6) is -0.0319. The van der Waals surface area contributed by atoms with Crippen molar-refractivity contribution in [2.45, 2.75) is 20.1 Å². The van der Waals surface area contributed by atoms with Gasteiger partial charge in [0.15, 0.2) is 0 Å². The number of hydrogen-bond donors (Lipinski definition) is 3. The highest BCUT2D eigenvalue weighted by Gasteiger charge is 2.13. The van der Waals surface area contributed by atoms with Crippen molar-refractivity contribution in [1.82, 2.24) is 4.98 Å². The molecule has 0 aromatic carbocycles. The molecule has 0 spiro atoms. The normalized spacial score (nSPS) is 10.5. The van der Waals surface area contributed by atoms with Gasteiger partial charge in [0.25, 0.3) is 5.56 Å². The van der Waals surface area contributed by atoms with E-state index < -0.39 is 12.2 Å². The maximum atomic E-state index is 11.3. The number of aromatic amines is 1. The van der Waals surface area contributed by atoms with E-state index in [0.717, 1.165) is 0 Å². The smallest absolute Gasteiger partial charge is 0.254 e. The number of hydrogen-bond acceptors (Lipinski definition) is 4. The Morgan fingerprint density at radius 3 is 2.57 bits per heavy atom. The van der Waals surface area contributed by atoms with Gasteiger partial charge in [-0.2, -0.15) is 0 Å². The lowest BCUT2D eigenvalue weighted by molar-refractivity contribution is 0.177. The Morgan fingerprint density at radius 2 is 2.07 bits per heavy atom. The molecule has 14 heavy (non-hydrogen) atoms. The van der Waals surface area contributed by atoms with Crippen molar-refractivity contribution in [3.63, 3.8) is 0 Å². The van der Waals surface area contributed by atoms with E-state index in [1.807, 2.05) is 0 Å². The standard InChI is InChI=1S/C9H13NO4/c1-5-8(12)7(4-14-2)6(3-11)9(13)10-5/h11-12H,3-4H2,1-2H3,(H,10,13). The van der Waals surface area contributed by atoms with Gasteiger partial charge in [0.1, 0.15) is 5.75 Å². The van der Waals surface area contributed by atoms with Crippen molar-refractivity contribution in [3.8, 4) is 5.75 Å². The van der Waals surface area contributed by atoms with Gasteiger partial charge in [0.05, 0.1) is 24.5 Å². The average Bonchev–Trinajstić information content (AvgIpc) is 2.14. The minimum absolute atomic E-state index is 0.0319. The van der Waals surface area contributed by atoms with Gasteiger partial charge < -0.3 is 19.9 Å². The van der Waals surface area contributed by atoms with E-state index in [-0.39, 0.29) is 17.9 Å². The first-order valence-electron chi connectivity index (χ1n) is 4.15. The number of rotatable bonds is 3. The van der Waals surface area contributed by atoms with E-state index in [1.165, 1.54) is 7.11 Å². The summed E-state index contributed by atoms with van der Waals surface area (Å²) in [4.78, 5) is 13.8. The molecular weight excluding hydrogens is 186 g/mol. The van der Waals surface area contributed by atoms with Crippen LogP contribution in [0.1, 0.15) is 16.8 Å². The minimum atomic E-state index is -0.415. The van der Waals surface area contributed by atoms with Crippen molar-refractivity contribution in [2.24, 2.45) is 0 Å². The summed E-state index contributed by atoms with van der Waals surface area (Å²) < 4.78 is 4.84. The van der Waals surface area contributed by atoms with Crippen LogP contribution in [0.4, 0.5) is 0 Å². The molecule has 1 aromatic heterocycles. The first-order chi connectivity index (χ1) is 6.61. The van der Waals surface area contributed by atoms with E-state index in [2.05, 4.69) is 4.98 Å². The zero-order valence-corrected chi connectivity index (χ0v) is 8.13. The molecule has 0 atom stereocenters. The first-order valence-corrected chi connectivity index (χ1v) is 4.15. The zero-order valence-electron chi connectivity index (χ0n) is 8.13. The number of nitrogens with one attached hydrogen (secondary N) is 1. The van der Waals surface area contributed by atoms with Crippen LogP contribution >= 0.6 is 0 Å². The molecule has 0 aliphatic heterocycles. The molecule has 78 valence electrons. The molecule has 0 fully saturated rings. The summed E-state index contributed by atoms with van der Waals surface area (Å²) in [6.07, 6.45) is 0. The van der Waals surface area contributed by atoms with Crippen LogP contribution in [0.2, 0.25) is 0 Å². The number of methoxy groups -OCH3 is 1. The van der Waals surface area contributed by atoms with Crippen molar-refractivity contribution < 1.29 is 14.9 Å². The molecule has 1 aromatic rings. The number of aryl methyl sites for hydroxylation is 1. The van der Waals surface area contributed by atoms with Gasteiger partial charge in [-0.25, -0.2) is 0 Å². The van der Waals surface area contributed by atoms with Gasteiger partial charge in [0.2, 0.25) is 0 Å². The van der Waals surface area contributed by atoms with E-state index in [1.54, 1.807) is 6.92 Å². The number of ether oxygens (including phenoxy) is 1. The lowest BCUT2D eigenvalue weighted by Gasteiger charge is -2.09. The highest BCUT2D eigenvalue weighted by molar-refractivity contribution is 5.40. The van der Waals surface area contributed by atoms with Gasteiger partial charge in [-0.05, 0) is 6.92 Å². The number of aromatic nitrogens is 1. The Bertz CT molecular complexity index is 383. The zero-order chi connectivity index (χ0) is 10.7. The van der Waals surface area contributed by atoms with Crippen molar-refractivity contribution in [3.05, 3.63) is 27.2 Å². The number of H-pyrrole nitrogens is 1. The second-order valence-electron chi connectivity index (χ2n) is 2.98. The Balaban J connectivity index is 3.40. The van der Waals surface area contributed by atoms with Crippen LogP contribution in [0.5, 0.6) is 5.75 Å². The van der Waals surface area contributed by atoms with Crippen LogP contribution in [-0.4, -0.2) is 22.3 Å². The SMILES string of the molecule is COCc1c(O)c(C)[nH]c(=O)c1CO. The largest absolute Gasteiger partial charge is 0.506 e. The minimum Gasteiger partial charge on any atom is -0.506 e. The maximum absolute atomic E-state index is 11.3. The van der Waals surface area contributed by atoms with Gasteiger partial charge in [-0.15, -0.1) is 0 Å². The van der Waals surface area contributed by atoms with E-state index >= 15 is 0 Å². The molecule has 0 saturated heterocycles. The fourth-order valence-corrected chi connectivity index (χ4v) is 1.28. The topological polar surface area (TPSA) is 82.5 Å². The van der Waals surface area contributed by atoms with Crippen LogP contribution in [-0.2, 0) is 18.0 Å². The third-order valence-corrected chi connectivity index (χ3v) is 2.03. The maximum Gasteiger partial charge on any atom is 0.254 e. The van der Waals surface area contributed by atoms with Crippen LogP contribution in [0, 0.1) is 6.92 Å². The van der Waals surface area contributed by atoms with Crippen molar-refractivity contribution >= 4 is 0 Å². The Labute approximate surface area is 81.0 Å². The van der Waals surface area contributed by atoms with Crippen LogP contribution < -0.4 is 5.56 Å². The molecule has 1 heterocycles. The number of aliphatic hydroxyl groups is 1. The average molecular weight is 199 g/mol. The van der Waals surface area contributed by atoms with Gasteiger partial charge in [-0.3, -0.25) is 4.79 Å². The third kappa shape index (κ3) is 1.78. The fraction of sp³-hybridized carbons (Fsp3) is 0.444. The monoisotopic (exact) mass is 199 g/mol. The second kappa shape index (κ2) is 4.26. The third-order valence-electron chi connectivity index (χ3n) is 2.03. The quantitative estimate of drug-likeness (QED) is 0.641. The molecular formula is C9H13NO4. The predicted molar refractivity (Wildman–Crippen MR) is 50.1 cm³/mol. The second-order valence-corrected chi connectivity index (χ2v) is 2.98. The first kappa shape index (κ1) is 10.7. The molecule has 0 amide bonds. The molecule has 0 aliphatic carbocycles. The summed E-state index contributed by atoms with van der Waals surface area (Å²) in [5, 5.41) is 18.6. The molecule has 5 heteroatoms. The number of aliphatic hydroxyl groups excluding tert-OH is 1. The molecule has 0 unspecified atom stereocenters. The van der Waals surface area contributed by atoms with Crippen LogP contribution in [0.15, 0.2) is 4.79 Å². The van der Waals surface area contributed by atoms with Gasteiger partial charge in [-0.1, -0.05) is 0 Å². The lowest BCUT2D eigenvalue weighted by atomic mass is 10.1. The molecule has 0 aliphatic rings. The van der Waals surface area contributed by atoms with E-state index in [9.17, 15) is 9.90 Å². The molecule has 0 saturated carbocycles. The number of aromatic hydroxyl groups is 1. The molecule has 0 radical (unpaired) electrons. The summed E-state index contributed by atoms with van der Waals surface area (Å²) in [6.45, 7) is 1.27. The van der Waals surface area contributed by atoms with Gasteiger partial charge in [0, 0.05) is 12.7 Å².